The normalized spacial score (nSPS) is 16.1. The molecule has 0 saturated heterocycles. The first-order valence-corrected chi connectivity index (χ1v) is 12.1. The van der Waals surface area contributed by atoms with Crippen LogP contribution in [0.15, 0.2) is 65.6 Å². The molecule has 0 bridgehead atoms. The fraction of sp³-hybridized carbons (Fsp3) is 0.208. The summed E-state index contributed by atoms with van der Waals surface area (Å²) in [5.41, 5.74) is -0.659. The summed E-state index contributed by atoms with van der Waals surface area (Å²) in [7, 11) is -3.95. The minimum atomic E-state index is -4.66. The quantitative estimate of drug-likeness (QED) is 0.493. The SMILES string of the molecule is NS(=O)(=O)c1ccc(-c2cc(NC(=O)C3(c4ccc5c(c4)OCO5)CC3)cc(C(F)(F)F)c2)cc1.[HH].[HH].[HH]. The van der Waals surface area contributed by atoms with Crippen molar-refractivity contribution in [2.75, 3.05) is 12.1 Å². The number of benzene rings is 3. The zero-order chi connectivity index (χ0) is 25.0. The van der Waals surface area contributed by atoms with Gasteiger partial charge in [-0.2, -0.15) is 13.2 Å². The summed E-state index contributed by atoms with van der Waals surface area (Å²) in [4.78, 5) is 13.1. The second kappa shape index (κ2) is 7.99. The van der Waals surface area contributed by atoms with E-state index in [9.17, 15) is 26.4 Å². The molecule has 0 spiro atoms. The molecule has 1 aliphatic heterocycles. The van der Waals surface area contributed by atoms with Gasteiger partial charge < -0.3 is 14.8 Å². The maximum Gasteiger partial charge on any atom is 0.416 e. The zero-order valence-corrected chi connectivity index (χ0v) is 18.9. The molecule has 1 aliphatic carbocycles. The van der Waals surface area contributed by atoms with Gasteiger partial charge in [0.1, 0.15) is 0 Å². The minimum absolute atomic E-state index is 0. The molecule has 0 aromatic heterocycles. The maximum atomic E-state index is 13.6. The Labute approximate surface area is 203 Å². The summed E-state index contributed by atoms with van der Waals surface area (Å²) >= 11 is 0. The van der Waals surface area contributed by atoms with E-state index in [1.54, 1.807) is 18.2 Å². The Bertz CT molecular complexity index is 1450. The average Bonchev–Trinajstić information content (AvgIpc) is 3.49. The summed E-state index contributed by atoms with van der Waals surface area (Å²) in [6.07, 6.45) is -3.58. The van der Waals surface area contributed by atoms with Crippen LogP contribution in [0.1, 0.15) is 28.2 Å². The van der Waals surface area contributed by atoms with Crippen LogP contribution in [0.2, 0.25) is 0 Å². The summed E-state index contributed by atoms with van der Waals surface area (Å²) in [6, 6.07) is 13.5. The highest BCUT2D eigenvalue weighted by Gasteiger charge is 2.51. The van der Waals surface area contributed by atoms with Crippen molar-refractivity contribution in [3.8, 4) is 22.6 Å². The largest absolute Gasteiger partial charge is 0.454 e. The fourth-order valence-corrected chi connectivity index (χ4v) is 4.60. The first-order chi connectivity index (χ1) is 16.5. The molecule has 0 unspecified atom stereocenters. The average molecular weight is 511 g/mol. The van der Waals surface area contributed by atoms with Crippen LogP contribution in [0.4, 0.5) is 18.9 Å². The smallest absolute Gasteiger partial charge is 0.416 e. The highest BCUT2D eigenvalue weighted by molar-refractivity contribution is 7.89. The molecular weight excluding hydrogens is 485 g/mol. The highest BCUT2D eigenvalue weighted by Crippen LogP contribution is 2.51. The van der Waals surface area contributed by atoms with Crippen molar-refractivity contribution in [3.63, 3.8) is 0 Å². The van der Waals surface area contributed by atoms with Crippen LogP contribution in [-0.4, -0.2) is 21.1 Å². The van der Waals surface area contributed by atoms with E-state index in [1.165, 1.54) is 30.3 Å². The summed E-state index contributed by atoms with van der Waals surface area (Å²) in [5, 5.41) is 7.73. The molecule has 3 aromatic carbocycles. The zero-order valence-electron chi connectivity index (χ0n) is 18.1. The lowest BCUT2D eigenvalue weighted by Gasteiger charge is -2.18. The van der Waals surface area contributed by atoms with Gasteiger partial charge in [0.05, 0.1) is 15.9 Å². The van der Waals surface area contributed by atoms with Gasteiger partial charge in [-0.15, -0.1) is 0 Å². The number of fused-ring (bicyclic) bond motifs is 1. The van der Waals surface area contributed by atoms with E-state index in [2.05, 4.69) is 5.32 Å². The lowest BCUT2D eigenvalue weighted by atomic mass is 9.94. The van der Waals surface area contributed by atoms with E-state index in [0.29, 0.717) is 35.5 Å². The van der Waals surface area contributed by atoms with Crippen LogP contribution < -0.4 is 19.9 Å². The van der Waals surface area contributed by atoms with Crippen LogP contribution in [0.5, 0.6) is 11.5 Å². The third-order valence-corrected chi connectivity index (χ3v) is 7.07. The van der Waals surface area contributed by atoms with Gasteiger partial charge in [-0.3, -0.25) is 4.79 Å². The molecule has 0 atom stereocenters. The van der Waals surface area contributed by atoms with Gasteiger partial charge in [0.15, 0.2) is 11.5 Å². The number of primary sulfonamides is 1. The molecule has 0 radical (unpaired) electrons. The van der Waals surface area contributed by atoms with Crippen molar-refractivity contribution in [3.05, 3.63) is 71.8 Å². The molecule has 7 nitrogen and oxygen atoms in total. The molecule has 3 aromatic rings. The number of ether oxygens (including phenoxy) is 2. The predicted octanol–water partition coefficient (Wildman–Crippen LogP) is 5.16. The number of amides is 1. The maximum absolute atomic E-state index is 13.6. The Morgan fingerprint density at radius 2 is 1.63 bits per heavy atom. The lowest BCUT2D eigenvalue weighted by Crippen LogP contribution is -2.28. The summed E-state index contributed by atoms with van der Waals surface area (Å²) in [5.74, 6) is 0.665. The van der Waals surface area contributed by atoms with E-state index in [-0.39, 0.29) is 27.2 Å². The lowest BCUT2D eigenvalue weighted by molar-refractivity contribution is -0.137. The molecule has 5 rings (SSSR count). The minimum Gasteiger partial charge on any atom is -0.454 e. The Morgan fingerprint density at radius 3 is 2.26 bits per heavy atom. The number of hydrogen-bond donors (Lipinski definition) is 2. The number of carbonyl (C=O) groups excluding carboxylic acids is 1. The van der Waals surface area contributed by atoms with Crippen molar-refractivity contribution >= 4 is 21.6 Å². The van der Waals surface area contributed by atoms with E-state index in [4.69, 9.17) is 14.6 Å². The molecule has 1 amide bonds. The molecule has 1 heterocycles. The molecule has 3 N–H and O–H groups in total. The second-order valence-electron chi connectivity index (χ2n) is 8.47. The third kappa shape index (κ3) is 4.44. The van der Waals surface area contributed by atoms with Crippen molar-refractivity contribution in [1.82, 2.24) is 0 Å². The van der Waals surface area contributed by atoms with E-state index < -0.39 is 33.1 Å². The Morgan fingerprint density at radius 1 is 0.943 bits per heavy atom. The van der Waals surface area contributed by atoms with Crippen molar-refractivity contribution in [2.24, 2.45) is 5.14 Å². The number of hydrogen-bond acceptors (Lipinski definition) is 5. The highest BCUT2D eigenvalue weighted by atomic mass is 32.2. The van der Waals surface area contributed by atoms with Crippen LogP contribution in [-0.2, 0) is 26.4 Å². The third-order valence-electron chi connectivity index (χ3n) is 6.14. The number of nitrogens with two attached hydrogens (primary N) is 1. The number of carbonyl (C=O) groups is 1. The summed E-state index contributed by atoms with van der Waals surface area (Å²) < 4.78 is 74.5. The topological polar surface area (TPSA) is 108 Å². The van der Waals surface area contributed by atoms with Crippen LogP contribution in [0.25, 0.3) is 11.1 Å². The van der Waals surface area contributed by atoms with Gasteiger partial charge in [0, 0.05) is 9.97 Å². The Balaban J connectivity index is 0.00000169. The first kappa shape index (κ1) is 23.2. The van der Waals surface area contributed by atoms with Crippen LogP contribution in [0, 0.1) is 0 Å². The van der Waals surface area contributed by atoms with Crippen molar-refractivity contribution in [2.45, 2.75) is 29.3 Å². The van der Waals surface area contributed by atoms with Gasteiger partial charge in [0.2, 0.25) is 22.7 Å². The predicted molar refractivity (Wildman–Crippen MR) is 127 cm³/mol. The number of sulfonamides is 1. The molecule has 1 saturated carbocycles. The van der Waals surface area contributed by atoms with Gasteiger partial charge in [0.25, 0.3) is 0 Å². The standard InChI is InChI=1S/C24H19F3N2O5S.3H2/c25-24(26,27)17-9-15(14-1-4-19(5-2-14)35(28,31)32)10-18(11-17)29-22(30)23(7-8-23)16-3-6-20-21(12-16)34-13-33-20;;;/h1-6,9-12H,7-8,13H2,(H,29,30)(H2,28,31,32);3*1H. The second-order valence-corrected chi connectivity index (χ2v) is 10.0. The van der Waals surface area contributed by atoms with Gasteiger partial charge in [-0.05, 0) is 72.0 Å². The number of nitrogens with one attached hydrogen (secondary N) is 1. The number of alkyl halides is 3. The fourth-order valence-electron chi connectivity index (χ4n) is 4.08. The van der Waals surface area contributed by atoms with E-state index >= 15 is 0 Å². The monoisotopic (exact) mass is 510 g/mol. The molecule has 11 heteroatoms. The van der Waals surface area contributed by atoms with Crippen LogP contribution >= 0.6 is 0 Å². The van der Waals surface area contributed by atoms with E-state index in [0.717, 1.165) is 12.1 Å². The molecule has 1 fully saturated rings. The Kier molecular flexibility index (Phi) is 5.29. The number of halogens is 3. The van der Waals surface area contributed by atoms with Gasteiger partial charge >= 0.3 is 6.18 Å². The van der Waals surface area contributed by atoms with Gasteiger partial charge in [-0.1, -0.05) is 18.2 Å². The molecule has 2 aliphatic rings. The van der Waals surface area contributed by atoms with Crippen LogP contribution in [0.3, 0.4) is 0 Å². The van der Waals surface area contributed by atoms with Gasteiger partial charge in [-0.25, -0.2) is 13.6 Å². The first-order valence-electron chi connectivity index (χ1n) is 10.5. The van der Waals surface area contributed by atoms with E-state index in [1.807, 2.05) is 0 Å². The molecule has 35 heavy (non-hydrogen) atoms. The van der Waals surface area contributed by atoms with Crippen molar-refractivity contribution in [1.29, 1.82) is 0 Å². The molecular formula is C24H25F3N2O5S. The van der Waals surface area contributed by atoms with Crippen molar-refractivity contribution < 1.29 is 40.1 Å². The Hall–Kier alpha value is -3.57. The number of rotatable bonds is 5. The molecule has 188 valence electrons. The summed E-state index contributed by atoms with van der Waals surface area (Å²) in [6.45, 7) is 0.0865. The number of anilines is 1.